The van der Waals surface area contributed by atoms with Gasteiger partial charge in [0.05, 0.1) is 10.0 Å². The van der Waals surface area contributed by atoms with E-state index in [-0.39, 0.29) is 39.8 Å². The molecule has 3 N–H and O–H groups in total. The fourth-order valence-electron chi connectivity index (χ4n) is 3.99. The van der Waals surface area contributed by atoms with Crippen LogP contribution >= 0.6 is 23.2 Å². The third-order valence-corrected chi connectivity index (χ3v) is 8.13. The molecule has 2 aromatic carbocycles. The lowest BCUT2D eigenvalue weighted by atomic mass is 9.99. The minimum atomic E-state index is -4.22. The number of hydrogen-bond acceptors (Lipinski definition) is 6. The third-order valence-electron chi connectivity index (χ3n) is 5.70. The highest BCUT2D eigenvalue weighted by Crippen LogP contribution is 2.29. The zero-order valence-corrected chi connectivity index (χ0v) is 20.3. The van der Waals surface area contributed by atoms with Crippen LogP contribution in [-0.2, 0) is 34.3 Å². The van der Waals surface area contributed by atoms with Gasteiger partial charge in [0.25, 0.3) is 0 Å². The van der Waals surface area contributed by atoms with E-state index in [1.807, 2.05) is 29.7 Å². The Morgan fingerprint density at radius 3 is 2.53 bits per heavy atom. The summed E-state index contributed by atoms with van der Waals surface area (Å²) in [6, 6.07) is 11.1. The molecule has 1 aliphatic rings. The number of aryl methyl sites for hydroxylation is 1. The number of nitrogens with zero attached hydrogens (tertiary/aromatic N) is 3. The highest BCUT2D eigenvalue weighted by molar-refractivity contribution is 7.89. The second-order valence-electron chi connectivity index (χ2n) is 7.85. The first kappa shape index (κ1) is 24.5. The van der Waals surface area contributed by atoms with E-state index in [2.05, 4.69) is 9.71 Å². The van der Waals surface area contributed by atoms with Gasteiger partial charge in [-0.2, -0.15) is 4.72 Å². The first-order chi connectivity index (χ1) is 16.3. The molecule has 0 radical (unpaired) electrons. The normalized spacial score (nSPS) is 14.5. The molecule has 1 atom stereocenters. The van der Waals surface area contributed by atoms with Crippen LogP contribution in [0, 0.1) is 0 Å². The minimum absolute atomic E-state index is 0.0422. The van der Waals surface area contributed by atoms with Crippen LogP contribution in [0.1, 0.15) is 17.5 Å². The summed E-state index contributed by atoms with van der Waals surface area (Å²) in [5.41, 5.74) is 4.17. The third kappa shape index (κ3) is 5.21. The van der Waals surface area contributed by atoms with Gasteiger partial charge >= 0.3 is 0 Å². The number of nitrogens with one attached hydrogen (secondary N) is 2. The Labute approximate surface area is 207 Å². The molecule has 0 spiro atoms. The number of halogens is 2. The van der Waals surface area contributed by atoms with E-state index < -0.39 is 16.1 Å². The fraction of sp³-hybridized carbons (Fsp3) is 0.273. The molecule has 0 fully saturated rings. The highest BCUT2D eigenvalue weighted by atomic mass is 35.5. The second-order valence-corrected chi connectivity index (χ2v) is 10.3. The van der Waals surface area contributed by atoms with Crippen molar-refractivity contribution >= 4 is 45.1 Å². The number of benzene rings is 2. The molecule has 1 unspecified atom stereocenters. The summed E-state index contributed by atoms with van der Waals surface area (Å²) in [7, 11) is -4.22. The summed E-state index contributed by atoms with van der Waals surface area (Å²) in [6.07, 6.45) is 3.86. The SMILES string of the molecule is O=C(C(CCn1ccnc1NO)NS(=O)(=O)c1c(Cl)cccc1Cl)N1CCc2ccccc2C1. The largest absolute Gasteiger partial charge is 0.337 e. The molecule has 0 aliphatic carbocycles. The number of carbonyl (C=O) groups excluding carboxylic acids is 1. The molecule has 1 aliphatic heterocycles. The molecule has 12 heteroatoms. The molecule has 2 heterocycles. The van der Waals surface area contributed by atoms with Gasteiger partial charge in [0.1, 0.15) is 10.9 Å². The van der Waals surface area contributed by atoms with Gasteiger partial charge in [-0.05, 0) is 36.1 Å². The Balaban J connectivity index is 1.61. The van der Waals surface area contributed by atoms with Crippen LogP contribution in [0.4, 0.5) is 5.95 Å². The maximum absolute atomic E-state index is 13.5. The number of anilines is 1. The molecule has 0 saturated heterocycles. The van der Waals surface area contributed by atoms with E-state index in [1.54, 1.807) is 21.7 Å². The Hall–Kier alpha value is -2.63. The number of carbonyl (C=O) groups is 1. The van der Waals surface area contributed by atoms with Gasteiger partial charge in [-0.25, -0.2) is 18.9 Å². The van der Waals surface area contributed by atoms with Crippen LogP contribution in [-0.4, -0.2) is 46.6 Å². The maximum atomic E-state index is 13.5. The van der Waals surface area contributed by atoms with Crippen molar-refractivity contribution in [3.8, 4) is 0 Å². The van der Waals surface area contributed by atoms with E-state index in [0.29, 0.717) is 19.5 Å². The number of rotatable bonds is 8. The second kappa shape index (κ2) is 10.3. The molecule has 34 heavy (non-hydrogen) atoms. The van der Waals surface area contributed by atoms with Gasteiger partial charge in [-0.3, -0.25) is 10.0 Å². The van der Waals surface area contributed by atoms with Crippen molar-refractivity contribution in [1.29, 1.82) is 0 Å². The molecule has 180 valence electrons. The lowest BCUT2D eigenvalue weighted by Gasteiger charge is -2.32. The zero-order chi connectivity index (χ0) is 24.3. The lowest BCUT2D eigenvalue weighted by Crippen LogP contribution is -2.50. The van der Waals surface area contributed by atoms with Gasteiger partial charge < -0.3 is 9.47 Å². The Morgan fingerprint density at radius 1 is 1.12 bits per heavy atom. The standard InChI is InChI=1S/C22H23Cl2N5O4S/c23-17-6-3-7-18(24)20(17)34(32,33)27-19(9-12-28-13-10-25-22(28)26-31)21(30)29-11-8-15-4-1-2-5-16(15)14-29/h1-7,10,13,19,27,31H,8-9,11-12,14H2,(H,25,26). The predicted molar refractivity (Wildman–Crippen MR) is 128 cm³/mol. The first-order valence-corrected chi connectivity index (χ1v) is 12.8. The number of aromatic nitrogens is 2. The average Bonchev–Trinajstić information content (AvgIpc) is 3.28. The van der Waals surface area contributed by atoms with Gasteiger partial charge in [0, 0.05) is 32.0 Å². The van der Waals surface area contributed by atoms with Crippen molar-refractivity contribution in [2.75, 3.05) is 12.0 Å². The minimum Gasteiger partial charge on any atom is -0.337 e. The monoisotopic (exact) mass is 523 g/mol. The lowest BCUT2D eigenvalue weighted by molar-refractivity contribution is -0.134. The van der Waals surface area contributed by atoms with Crippen molar-refractivity contribution < 1.29 is 18.4 Å². The summed E-state index contributed by atoms with van der Waals surface area (Å²) in [5, 5.41) is 9.14. The highest BCUT2D eigenvalue weighted by Gasteiger charge is 2.32. The van der Waals surface area contributed by atoms with Crippen LogP contribution in [0.5, 0.6) is 0 Å². The van der Waals surface area contributed by atoms with E-state index in [9.17, 15) is 18.4 Å². The summed E-state index contributed by atoms with van der Waals surface area (Å²) in [5.74, 6) is -0.185. The first-order valence-electron chi connectivity index (χ1n) is 10.5. The van der Waals surface area contributed by atoms with E-state index in [4.69, 9.17) is 23.2 Å². The van der Waals surface area contributed by atoms with E-state index >= 15 is 0 Å². The van der Waals surface area contributed by atoms with E-state index in [1.165, 1.54) is 23.9 Å². The summed E-state index contributed by atoms with van der Waals surface area (Å²) in [4.78, 5) is 18.9. The summed E-state index contributed by atoms with van der Waals surface area (Å²) < 4.78 is 30.5. The fourth-order valence-corrected chi connectivity index (χ4v) is 6.36. The van der Waals surface area contributed by atoms with Crippen LogP contribution in [0.3, 0.4) is 0 Å². The number of sulfonamides is 1. The molecule has 1 aromatic heterocycles. The molecule has 1 amide bonds. The topological polar surface area (TPSA) is 117 Å². The Bertz CT molecular complexity index is 1280. The number of imidazole rings is 1. The zero-order valence-electron chi connectivity index (χ0n) is 18.0. The van der Waals surface area contributed by atoms with Gasteiger partial charge in [0.15, 0.2) is 0 Å². The van der Waals surface area contributed by atoms with Crippen molar-refractivity contribution in [3.05, 3.63) is 76.0 Å². The van der Waals surface area contributed by atoms with Crippen LogP contribution < -0.4 is 10.2 Å². The number of fused-ring (bicyclic) bond motifs is 1. The quantitative estimate of drug-likeness (QED) is 0.390. The molecule has 9 nitrogen and oxygen atoms in total. The average molecular weight is 524 g/mol. The molecule has 0 bridgehead atoms. The molecule has 0 saturated carbocycles. The predicted octanol–water partition coefficient (Wildman–Crippen LogP) is 3.31. The Morgan fingerprint density at radius 2 is 1.82 bits per heavy atom. The van der Waals surface area contributed by atoms with Crippen LogP contribution in [0.2, 0.25) is 10.0 Å². The molecule has 4 rings (SSSR count). The van der Waals surface area contributed by atoms with Crippen molar-refractivity contribution in [1.82, 2.24) is 19.2 Å². The van der Waals surface area contributed by atoms with Crippen LogP contribution in [0.25, 0.3) is 0 Å². The Kier molecular flexibility index (Phi) is 7.44. The maximum Gasteiger partial charge on any atom is 0.244 e. The van der Waals surface area contributed by atoms with Crippen molar-refractivity contribution in [2.24, 2.45) is 0 Å². The summed E-state index contributed by atoms with van der Waals surface area (Å²) in [6.45, 7) is 1.06. The van der Waals surface area contributed by atoms with Crippen molar-refractivity contribution in [3.63, 3.8) is 0 Å². The summed E-state index contributed by atoms with van der Waals surface area (Å²) >= 11 is 12.3. The molecular weight excluding hydrogens is 501 g/mol. The van der Waals surface area contributed by atoms with Gasteiger partial charge in [0.2, 0.25) is 21.9 Å². The van der Waals surface area contributed by atoms with Crippen molar-refractivity contribution in [2.45, 2.75) is 36.9 Å². The molecule has 3 aromatic rings. The number of amides is 1. The van der Waals surface area contributed by atoms with Gasteiger partial charge in [-0.1, -0.05) is 53.5 Å². The molecular formula is C22H23Cl2N5O4S. The van der Waals surface area contributed by atoms with Crippen LogP contribution in [0.15, 0.2) is 59.8 Å². The van der Waals surface area contributed by atoms with Gasteiger partial charge in [-0.15, -0.1) is 0 Å². The van der Waals surface area contributed by atoms with E-state index in [0.717, 1.165) is 5.56 Å². The smallest absolute Gasteiger partial charge is 0.244 e. The number of hydrogen-bond donors (Lipinski definition) is 3.